The van der Waals surface area contributed by atoms with Crippen molar-refractivity contribution in [3.63, 3.8) is 0 Å². The van der Waals surface area contributed by atoms with Crippen LogP contribution in [0.15, 0.2) is 54.6 Å². The van der Waals surface area contributed by atoms with Gasteiger partial charge in [0.2, 0.25) is 5.91 Å². The molecule has 0 bridgehead atoms. The summed E-state index contributed by atoms with van der Waals surface area (Å²) in [7, 11) is 1.30. The summed E-state index contributed by atoms with van der Waals surface area (Å²) in [6, 6.07) is 13.8. The normalized spacial score (nSPS) is 13.2. The number of amides is 2. The van der Waals surface area contributed by atoms with Gasteiger partial charge in [0.25, 0.3) is 5.91 Å². The number of rotatable bonds is 6. The smallest absolute Gasteiger partial charge is 0.337 e. The van der Waals surface area contributed by atoms with Crippen LogP contribution in [0.2, 0.25) is 0 Å². The van der Waals surface area contributed by atoms with E-state index in [4.69, 9.17) is 0 Å². The van der Waals surface area contributed by atoms with Crippen LogP contribution in [0.25, 0.3) is 6.08 Å². The fraction of sp³-hybridized carbons (Fsp3) is 0.190. The summed E-state index contributed by atoms with van der Waals surface area (Å²) in [4.78, 5) is 35.5. The minimum atomic E-state index is -0.465. The number of carbonyl (C=O) groups excluding carboxylic acids is 3. The SMILES string of the molecule is COC(=O)c1cccc(NC(=O)/C=C/c2ccc(C(=O)NC3CC3)cc2)c1. The van der Waals surface area contributed by atoms with Gasteiger partial charge in [-0.1, -0.05) is 18.2 Å². The molecule has 6 heteroatoms. The number of hydrogen-bond acceptors (Lipinski definition) is 4. The minimum Gasteiger partial charge on any atom is -0.465 e. The second-order valence-electron chi connectivity index (χ2n) is 6.26. The van der Waals surface area contributed by atoms with Gasteiger partial charge in [0.1, 0.15) is 0 Å². The molecule has 0 atom stereocenters. The highest BCUT2D eigenvalue weighted by molar-refractivity contribution is 6.02. The average Bonchev–Trinajstić information content (AvgIpc) is 3.50. The first-order valence-electron chi connectivity index (χ1n) is 8.63. The maximum absolute atomic E-state index is 12.1. The van der Waals surface area contributed by atoms with Gasteiger partial charge in [0.05, 0.1) is 12.7 Å². The van der Waals surface area contributed by atoms with Crippen LogP contribution >= 0.6 is 0 Å². The molecule has 0 aromatic heterocycles. The molecule has 1 aliphatic rings. The molecule has 6 nitrogen and oxygen atoms in total. The van der Waals surface area contributed by atoms with Gasteiger partial charge in [-0.2, -0.15) is 0 Å². The van der Waals surface area contributed by atoms with E-state index in [2.05, 4.69) is 15.4 Å². The zero-order valence-corrected chi connectivity index (χ0v) is 14.9. The van der Waals surface area contributed by atoms with Gasteiger partial charge in [0.15, 0.2) is 0 Å². The van der Waals surface area contributed by atoms with E-state index in [0.717, 1.165) is 18.4 Å². The molecular weight excluding hydrogens is 344 g/mol. The van der Waals surface area contributed by atoms with E-state index in [0.29, 0.717) is 22.9 Å². The first-order valence-corrected chi connectivity index (χ1v) is 8.63. The molecular formula is C21H20N2O4. The number of nitrogens with one attached hydrogen (secondary N) is 2. The molecule has 2 N–H and O–H groups in total. The lowest BCUT2D eigenvalue weighted by Crippen LogP contribution is -2.25. The molecule has 138 valence electrons. The van der Waals surface area contributed by atoms with Gasteiger partial charge in [-0.3, -0.25) is 9.59 Å². The summed E-state index contributed by atoms with van der Waals surface area (Å²) in [6.07, 6.45) is 5.14. The van der Waals surface area contributed by atoms with Crippen molar-refractivity contribution >= 4 is 29.5 Å². The van der Waals surface area contributed by atoms with Crippen molar-refractivity contribution in [1.29, 1.82) is 0 Å². The van der Waals surface area contributed by atoms with Crippen molar-refractivity contribution in [3.8, 4) is 0 Å². The molecule has 3 rings (SSSR count). The maximum atomic E-state index is 12.1. The standard InChI is InChI=1S/C21H20N2O4/c1-27-21(26)16-3-2-4-18(13-16)22-19(24)12-7-14-5-8-15(9-6-14)20(25)23-17-10-11-17/h2-9,12-13,17H,10-11H2,1H3,(H,22,24)(H,23,25)/b12-7+. The topological polar surface area (TPSA) is 84.5 Å². The molecule has 0 unspecified atom stereocenters. The molecule has 0 radical (unpaired) electrons. The van der Waals surface area contributed by atoms with E-state index < -0.39 is 5.97 Å². The molecule has 2 aromatic carbocycles. The summed E-state index contributed by atoms with van der Waals surface area (Å²) in [5.74, 6) is -0.865. The quantitative estimate of drug-likeness (QED) is 0.610. The van der Waals surface area contributed by atoms with Gasteiger partial charge in [0, 0.05) is 23.4 Å². The van der Waals surface area contributed by atoms with Crippen molar-refractivity contribution in [2.45, 2.75) is 18.9 Å². The van der Waals surface area contributed by atoms with E-state index >= 15 is 0 Å². The number of ether oxygens (including phenoxy) is 1. The van der Waals surface area contributed by atoms with Crippen LogP contribution < -0.4 is 10.6 Å². The number of anilines is 1. The monoisotopic (exact) mass is 364 g/mol. The molecule has 2 amide bonds. The highest BCUT2D eigenvalue weighted by atomic mass is 16.5. The minimum absolute atomic E-state index is 0.0729. The van der Waals surface area contributed by atoms with Crippen LogP contribution in [-0.2, 0) is 9.53 Å². The average molecular weight is 364 g/mol. The van der Waals surface area contributed by atoms with E-state index in [-0.39, 0.29) is 11.8 Å². The molecule has 0 saturated heterocycles. The van der Waals surface area contributed by atoms with Crippen LogP contribution in [0.5, 0.6) is 0 Å². The van der Waals surface area contributed by atoms with Gasteiger partial charge >= 0.3 is 5.97 Å². The summed E-state index contributed by atoms with van der Waals surface area (Å²) in [6.45, 7) is 0. The lowest BCUT2D eigenvalue weighted by molar-refractivity contribution is -0.111. The van der Waals surface area contributed by atoms with E-state index in [9.17, 15) is 14.4 Å². The molecule has 0 heterocycles. The largest absolute Gasteiger partial charge is 0.465 e. The number of esters is 1. The van der Waals surface area contributed by atoms with Crippen molar-refractivity contribution in [2.75, 3.05) is 12.4 Å². The highest BCUT2D eigenvalue weighted by Crippen LogP contribution is 2.19. The van der Waals surface area contributed by atoms with Crippen LogP contribution in [0.4, 0.5) is 5.69 Å². The van der Waals surface area contributed by atoms with Gasteiger partial charge < -0.3 is 15.4 Å². The van der Waals surface area contributed by atoms with E-state index in [1.54, 1.807) is 54.6 Å². The van der Waals surface area contributed by atoms with E-state index in [1.165, 1.54) is 13.2 Å². The molecule has 0 spiro atoms. The Bertz CT molecular complexity index is 883. The third-order valence-electron chi connectivity index (χ3n) is 4.06. The van der Waals surface area contributed by atoms with Crippen molar-refractivity contribution in [3.05, 3.63) is 71.3 Å². The maximum Gasteiger partial charge on any atom is 0.337 e. The molecule has 1 aliphatic carbocycles. The van der Waals surface area contributed by atoms with Crippen LogP contribution in [0, 0.1) is 0 Å². The predicted octanol–water partition coefficient (Wildman–Crippen LogP) is 3.02. The Hall–Kier alpha value is -3.41. The third-order valence-corrected chi connectivity index (χ3v) is 4.06. The Kier molecular flexibility index (Phi) is 5.66. The van der Waals surface area contributed by atoms with Gasteiger partial charge in [-0.25, -0.2) is 4.79 Å². The number of hydrogen-bond donors (Lipinski definition) is 2. The van der Waals surface area contributed by atoms with Gasteiger partial charge in [-0.15, -0.1) is 0 Å². The number of methoxy groups -OCH3 is 1. The molecule has 0 aliphatic heterocycles. The van der Waals surface area contributed by atoms with Crippen LogP contribution in [0.1, 0.15) is 39.1 Å². The van der Waals surface area contributed by atoms with Crippen LogP contribution in [0.3, 0.4) is 0 Å². The Balaban J connectivity index is 1.58. The molecule has 1 fully saturated rings. The second kappa shape index (κ2) is 8.31. The number of benzene rings is 2. The summed E-state index contributed by atoms with van der Waals surface area (Å²) in [5, 5.41) is 5.62. The Labute approximate surface area is 157 Å². The zero-order chi connectivity index (χ0) is 19.2. The Morgan fingerprint density at radius 3 is 2.44 bits per heavy atom. The predicted molar refractivity (Wildman–Crippen MR) is 102 cm³/mol. The van der Waals surface area contributed by atoms with Crippen LogP contribution in [-0.4, -0.2) is 30.9 Å². The molecule has 27 heavy (non-hydrogen) atoms. The van der Waals surface area contributed by atoms with Crippen molar-refractivity contribution < 1.29 is 19.1 Å². The summed E-state index contributed by atoms with van der Waals surface area (Å²) in [5.41, 5.74) is 2.26. The summed E-state index contributed by atoms with van der Waals surface area (Å²) >= 11 is 0. The first-order chi connectivity index (χ1) is 13.0. The third kappa shape index (κ3) is 5.28. The fourth-order valence-electron chi connectivity index (χ4n) is 2.44. The number of carbonyl (C=O) groups is 3. The lowest BCUT2D eigenvalue weighted by Gasteiger charge is -2.05. The highest BCUT2D eigenvalue weighted by Gasteiger charge is 2.23. The Morgan fingerprint density at radius 1 is 1.04 bits per heavy atom. The summed E-state index contributed by atoms with van der Waals surface area (Å²) < 4.78 is 4.66. The van der Waals surface area contributed by atoms with Gasteiger partial charge in [-0.05, 0) is 54.8 Å². The molecule has 1 saturated carbocycles. The van der Waals surface area contributed by atoms with E-state index in [1.807, 2.05) is 0 Å². The lowest BCUT2D eigenvalue weighted by atomic mass is 10.1. The first kappa shape index (κ1) is 18.4. The van der Waals surface area contributed by atoms with Crippen molar-refractivity contribution in [1.82, 2.24) is 5.32 Å². The fourth-order valence-corrected chi connectivity index (χ4v) is 2.44. The zero-order valence-electron chi connectivity index (χ0n) is 14.9. The molecule has 2 aromatic rings. The Morgan fingerprint density at radius 2 is 1.78 bits per heavy atom. The second-order valence-corrected chi connectivity index (χ2v) is 6.26. The van der Waals surface area contributed by atoms with Crippen molar-refractivity contribution in [2.24, 2.45) is 0 Å².